The van der Waals surface area contributed by atoms with Crippen LogP contribution in [0.1, 0.15) is 4.88 Å². The van der Waals surface area contributed by atoms with Gasteiger partial charge in [-0.2, -0.15) is 0 Å². The van der Waals surface area contributed by atoms with Crippen LogP contribution < -0.4 is 11.1 Å². The third kappa shape index (κ3) is 2.92. The van der Waals surface area contributed by atoms with Gasteiger partial charge in [-0.1, -0.05) is 6.07 Å². The fraction of sp³-hybridized carbons (Fsp3) is 0.200. The molecule has 2 aromatic heterocycles. The summed E-state index contributed by atoms with van der Waals surface area (Å²) in [5.74, 6) is 1.17. The van der Waals surface area contributed by atoms with Crippen LogP contribution in [-0.4, -0.2) is 16.5 Å². The van der Waals surface area contributed by atoms with E-state index in [0.29, 0.717) is 5.82 Å². The average Bonchev–Trinajstić information content (AvgIpc) is 2.71. The summed E-state index contributed by atoms with van der Waals surface area (Å²) in [4.78, 5) is 9.41. The molecule has 5 heteroatoms. The standard InChI is InChI=1S/C10H12N4S/c11-9-6-12-7-10(14-9)13-4-3-8-2-1-5-15-8/h1-2,5-7H,3-4H2,(H3,11,13,14). The summed E-state index contributed by atoms with van der Waals surface area (Å²) < 4.78 is 0. The van der Waals surface area contributed by atoms with Crippen LogP contribution in [-0.2, 0) is 6.42 Å². The molecule has 0 fully saturated rings. The smallest absolute Gasteiger partial charge is 0.146 e. The molecular weight excluding hydrogens is 208 g/mol. The summed E-state index contributed by atoms with van der Waals surface area (Å²) in [5, 5.41) is 5.26. The Hall–Kier alpha value is -1.62. The van der Waals surface area contributed by atoms with Gasteiger partial charge in [-0.05, 0) is 17.9 Å². The number of hydrogen-bond donors (Lipinski definition) is 2. The Morgan fingerprint density at radius 1 is 1.40 bits per heavy atom. The van der Waals surface area contributed by atoms with E-state index in [4.69, 9.17) is 5.73 Å². The van der Waals surface area contributed by atoms with E-state index >= 15 is 0 Å². The Morgan fingerprint density at radius 3 is 3.07 bits per heavy atom. The summed E-state index contributed by atoms with van der Waals surface area (Å²) in [6, 6.07) is 4.18. The first-order valence-corrected chi connectivity index (χ1v) is 5.56. The highest BCUT2D eigenvalue weighted by molar-refractivity contribution is 7.09. The van der Waals surface area contributed by atoms with Crippen molar-refractivity contribution >= 4 is 23.0 Å². The van der Waals surface area contributed by atoms with Gasteiger partial charge in [-0.15, -0.1) is 11.3 Å². The second kappa shape index (κ2) is 4.75. The number of rotatable bonds is 4. The zero-order valence-corrected chi connectivity index (χ0v) is 9.00. The zero-order valence-electron chi connectivity index (χ0n) is 8.18. The lowest BCUT2D eigenvalue weighted by Crippen LogP contribution is -2.06. The van der Waals surface area contributed by atoms with Crippen molar-refractivity contribution in [2.24, 2.45) is 0 Å². The summed E-state index contributed by atoms with van der Waals surface area (Å²) in [5.41, 5.74) is 5.51. The van der Waals surface area contributed by atoms with E-state index in [1.165, 1.54) is 11.1 Å². The lowest BCUT2D eigenvalue weighted by Gasteiger charge is -2.03. The topological polar surface area (TPSA) is 63.8 Å². The highest BCUT2D eigenvalue weighted by Gasteiger charge is 1.96. The van der Waals surface area contributed by atoms with Crippen molar-refractivity contribution < 1.29 is 0 Å². The number of anilines is 2. The van der Waals surface area contributed by atoms with E-state index < -0.39 is 0 Å². The van der Waals surface area contributed by atoms with E-state index in [1.807, 2.05) is 0 Å². The van der Waals surface area contributed by atoms with Crippen molar-refractivity contribution in [3.05, 3.63) is 34.8 Å². The van der Waals surface area contributed by atoms with Crippen molar-refractivity contribution in [2.75, 3.05) is 17.6 Å². The first-order chi connectivity index (χ1) is 7.34. The quantitative estimate of drug-likeness (QED) is 0.824. The first kappa shape index (κ1) is 9.92. The minimum atomic E-state index is 0.441. The predicted molar refractivity (Wildman–Crippen MR) is 63.0 cm³/mol. The fourth-order valence-corrected chi connectivity index (χ4v) is 1.94. The molecule has 0 saturated heterocycles. The van der Waals surface area contributed by atoms with Crippen molar-refractivity contribution in [3.63, 3.8) is 0 Å². The van der Waals surface area contributed by atoms with Crippen LogP contribution in [0.5, 0.6) is 0 Å². The Kier molecular flexibility index (Phi) is 3.14. The minimum Gasteiger partial charge on any atom is -0.382 e. The fourth-order valence-electron chi connectivity index (χ4n) is 1.23. The molecule has 0 saturated carbocycles. The van der Waals surface area contributed by atoms with Crippen molar-refractivity contribution in [1.82, 2.24) is 9.97 Å². The van der Waals surface area contributed by atoms with Gasteiger partial charge in [-0.3, -0.25) is 4.98 Å². The van der Waals surface area contributed by atoms with Gasteiger partial charge < -0.3 is 11.1 Å². The van der Waals surface area contributed by atoms with Crippen molar-refractivity contribution in [3.8, 4) is 0 Å². The van der Waals surface area contributed by atoms with Crippen LogP contribution in [0.4, 0.5) is 11.6 Å². The molecule has 0 radical (unpaired) electrons. The normalized spacial score (nSPS) is 10.1. The molecule has 3 N–H and O–H groups in total. The molecule has 2 rings (SSSR count). The zero-order chi connectivity index (χ0) is 10.5. The van der Waals surface area contributed by atoms with Crippen LogP contribution in [0.2, 0.25) is 0 Å². The van der Waals surface area contributed by atoms with Crippen LogP contribution in [0.3, 0.4) is 0 Å². The molecule has 0 aliphatic carbocycles. The summed E-state index contributed by atoms with van der Waals surface area (Å²) in [6.45, 7) is 0.846. The molecule has 78 valence electrons. The maximum absolute atomic E-state index is 5.51. The van der Waals surface area contributed by atoms with Crippen LogP contribution >= 0.6 is 11.3 Å². The van der Waals surface area contributed by atoms with Gasteiger partial charge in [0.25, 0.3) is 0 Å². The average molecular weight is 220 g/mol. The van der Waals surface area contributed by atoms with Gasteiger partial charge >= 0.3 is 0 Å². The number of nitrogens with zero attached hydrogens (tertiary/aromatic N) is 2. The molecule has 15 heavy (non-hydrogen) atoms. The van der Waals surface area contributed by atoms with Gasteiger partial charge in [0.15, 0.2) is 0 Å². The minimum absolute atomic E-state index is 0.441. The molecule has 0 unspecified atom stereocenters. The maximum Gasteiger partial charge on any atom is 0.146 e. The Labute approximate surface area is 92.2 Å². The number of nitrogen functional groups attached to an aromatic ring is 1. The Morgan fingerprint density at radius 2 is 2.33 bits per heavy atom. The molecular formula is C10H12N4S. The van der Waals surface area contributed by atoms with E-state index in [9.17, 15) is 0 Å². The van der Waals surface area contributed by atoms with E-state index in [1.54, 1.807) is 17.5 Å². The molecule has 0 spiro atoms. The van der Waals surface area contributed by atoms with Gasteiger partial charge in [0, 0.05) is 11.4 Å². The van der Waals surface area contributed by atoms with Crippen molar-refractivity contribution in [2.45, 2.75) is 6.42 Å². The number of thiophene rings is 1. The van der Waals surface area contributed by atoms with E-state index in [0.717, 1.165) is 18.8 Å². The molecule has 0 aliphatic rings. The van der Waals surface area contributed by atoms with Gasteiger partial charge in [-0.25, -0.2) is 4.98 Å². The number of nitrogens with one attached hydrogen (secondary N) is 1. The highest BCUT2D eigenvalue weighted by atomic mass is 32.1. The maximum atomic E-state index is 5.51. The summed E-state index contributed by atoms with van der Waals surface area (Å²) >= 11 is 1.76. The largest absolute Gasteiger partial charge is 0.382 e. The van der Waals surface area contributed by atoms with Gasteiger partial charge in [0.2, 0.25) is 0 Å². The SMILES string of the molecule is Nc1cncc(NCCc2cccs2)n1. The molecule has 2 aromatic rings. The van der Waals surface area contributed by atoms with Crippen molar-refractivity contribution in [1.29, 1.82) is 0 Å². The Balaban J connectivity index is 1.83. The third-order valence-electron chi connectivity index (χ3n) is 1.91. The number of nitrogens with two attached hydrogens (primary N) is 1. The molecule has 0 bridgehead atoms. The second-order valence-electron chi connectivity index (χ2n) is 3.09. The van der Waals surface area contributed by atoms with Gasteiger partial charge in [0.05, 0.1) is 12.4 Å². The molecule has 4 nitrogen and oxygen atoms in total. The molecule has 0 aliphatic heterocycles. The van der Waals surface area contributed by atoms with Crippen LogP contribution in [0, 0.1) is 0 Å². The molecule has 0 aromatic carbocycles. The lowest BCUT2D eigenvalue weighted by molar-refractivity contribution is 1.02. The number of aromatic nitrogens is 2. The van der Waals surface area contributed by atoms with E-state index in [2.05, 4.69) is 32.8 Å². The first-order valence-electron chi connectivity index (χ1n) is 4.68. The van der Waals surface area contributed by atoms with E-state index in [-0.39, 0.29) is 0 Å². The highest BCUT2D eigenvalue weighted by Crippen LogP contribution is 2.09. The lowest BCUT2D eigenvalue weighted by atomic mass is 10.3. The second-order valence-corrected chi connectivity index (χ2v) is 4.12. The molecule has 2 heterocycles. The third-order valence-corrected chi connectivity index (χ3v) is 2.85. The van der Waals surface area contributed by atoms with Gasteiger partial charge in [0.1, 0.15) is 11.6 Å². The molecule has 0 amide bonds. The number of hydrogen-bond acceptors (Lipinski definition) is 5. The summed E-state index contributed by atoms with van der Waals surface area (Å²) in [7, 11) is 0. The Bertz CT molecular complexity index is 413. The van der Waals surface area contributed by atoms with Crippen LogP contribution in [0.15, 0.2) is 29.9 Å². The summed E-state index contributed by atoms with van der Waals surface area (Å²) in [6.07, 6.45) is 4.20. The van der Waals surface area contributed by atoms with Crippen LogP contribution in [0.25, 0.3) is 0 Å². The monoisotopic (exact) mass is 220 g/mol. The predicted octanol–water partition coefficient (Wildman–Crippen LogP) is 1.77. The molecule has 0 atom stereocenters.